The highest BCUT2D eigenvalue weighted by molar-refractivity contribution is 5.82. The second kappa shape index (κ2) is 10.8. The van der Waals surface area contributed by atoms with Crippen molar-refractivity contribution in [1.29, 1.82) is 0 Å². The van der Waals surface area contributed by atoms with Gasteiger partial charge < -0.3 is 5.32 Å². The van der Waals surface area contributed by atoms with Crippen molar-refractivity contribution >= 4 is 16.8 Å². The Bertz CT molecular complexity index is 1200. The second-order valence-corrected chi connectivity index (χ2v) is 8.22. The molecule has 2 N–H and O–H groups in total. The molecule has 0 unspecified atom stereocenters. The minimum atomic E-state index is -0.257. The summed E-state index contributed by atoms with van der Waals surface area (Å²) in [4.78, 5) is 18.8. The van der Waals surface area contributed by atoms with E-state index >= 15 is 0 Å². The number of nitrogens with one attached hydrogen (secondary N) is 2. The first-order valence-electron chi connectivity index (χ1n) is 11.2. The summed E-state index contributed by atoms with van der Waals surface area (Å²) in [5.74, 6) is -0.238. The SMILES string of the molecule is CN(CCCc1cc(-c2ccc(F)cc2)n[nH]1)CC(=O)NCCc1cccc2cccnc12. The number of rotatable bonds is 10. The number of amides is 1. The van der Waals surface area contributed by atoms with E-state index in [1.807, 2.05) is 42.3 Å². The minimum absolute atomic E-state index is 0.0193. The molecule has 1 amide bonds. The molecule has 0 saturated heterocycles. The van der Waals surface area contributed by atoms with Crippen LogP contribution < -0.4 is 5.32 Å². The first-order valence-corrected chi connectivity index (χ1v) is 11.2. The number of pyridine rings is 1. The van der Waals surface area contributed by atoms with Crippen LogP contribution in [-0.2, 0) is 17.6 Å². The molecule has 7 heteroatoms. The van der Waals surface area contributed by atoms with E-state index in [0.717, 1.165) is 59.2 Å². The van der Waals surface area contributed by atoms with Gasteiger partial charge in [0.05, 0.1) is 17.8 Å². The van der Waals surface area contributed by atoms with Crippen LogP contribution in [0.2, 0.25) is 0 Å². The van der Waals surface area contributed by atoms with Crippen LogP contribution in [0.15, 0.2) is 66.9 Å². The Kier molecular flexibility index (Phi) is 7.42. The molecule has 0 aliphatic carbocycles. The molecule has 0 aliphatic heterocycles. The summed E-state index contributed by atoms with van der Waals surface area (Å²) in [6, 6.07) is 18.4. The fourth-order valence-corrected chi connectivity index (χ4v) is 3.88. The van der Waals surface area contributed by atoms with Crippen LogP contribution >= 0.6 is 0 Å². The van der Waals surface area contributed by atoms with E-state index in [2.05, 4.69) is 26.6 Å². The van der Waals surface area contributed by atoms with Gasteiger partial charge in [-0.1, -0.05) is 24.3 Å². The quantitative estimate of drug-likeness (QED) is 0.387. The van der Waals surface area contributed by atoms with Gasteiger partial charge in [0.2, 0.25) is 5.91 Å². The number of H-pyrrole nitrogens is 1. The zero-order chi connectivity index (χ0) is 23.0. The monoisotopic (exact) mass is 445 g/mol. The maximum absolute atomic E-state index is 13.1. The van der Waals surface area contributed by atoms with E-state index in [4.69, 9.17) is 0 Å². The lowest BCUT2D eigenvalue weighted by Gasteiger charge is -2.16. The van der Waals surface area contributed by atoms with Gasteiger partial charge in [-0.2, -0.15) is 5.10 Å². The highest BCUT2D eigenvalue weighted by Crippen LogP contribution is 2.19. The number of likely N-dealkylation sites (N-methyl/N-ethyl adjacent to an activating group) is 1. The second-order valence-electron chi connectivity index (χ2n) is 8.22. The zero-order valence-corrected chi connectivity index (χ0v) is 18.7. The molecule has 4 rings (SSSR count). The molecule has 33 heavy (non-hydrogen) atoms. The normalized spacial score (nSPS) is 11.2. The number of fused-ring (bicyclic) bond motifs is 1. The number of para-hydroxylation sites is 1. The van der Waals surface area contributed by atoms with Crippen molar-refractivity contribution in [3.05, 3.63) is 83.9 Å². The maximum atomic E-state index is 13.1. The summed E-state index contributed by atoms with van der Waals surface area (Å²) in [6.07, 6.45) is 4.27. The lowest BCUT2D eigenvalue weighted by molar-refractivity contribution is -0.121. The largest absolute Gasteiger partial charge is 0.355 e. The lowest BCUT2D eigenvalue weighted by Crippen LogP contribution is -2.36. The average molecular weight is 446 g/mol. The van der Waals surface area contributed by atoms with Crippen LogP contribution in [0.5, 0.6) is 0 Å². The predicted molar refractivity (Wildman–Crippen MR) is 128 cm³/mol. The topological polar surface area (TPSA) is 73.9 Å². The molecular weight excluding hydrogens is 417 g/mol. The number of aromatic nitrogens is 3. The van der Waals surface area contributed by atoms with E-state index in [0.29, 0.717) is 13.1 Å². The van der Waals surface area contributed by atoms with Gasteiger partial charge in [-0.15, -0.1) is 0 Å². The van der Waals surface area contributed by atoms with Crippen molar-refractivity contribution < 1.29 is 9.18 Å². The summed E-state index contributed by atoms with van der Waals surface area (Å²) < 4.78 is 13.1. The zero-order valence-electron chi connectivity index (χ0n) is 18.7. The lowest BCUT2D eigenvalue weighted by atomic mass is 10.1. The summed E-state index contributed by atoms with van der Waals surface area (Å²) in [5, 5.41) is 11.5. The van der Waals surface area contributed by atoms with Crippen molar-refractivity contribution in [1.82, 2.24) is 25.4 Å². The highest BCUT2D eigenvalue weighted by atomic mass is 19.1. The van der Waals surface area contributed by atoms with Crippen molar-refractivity contribution in [2.75, 3.05) is 26.7 Å². The van der Waals surface area contributed by atoms with Crippen LogP contribution in [0, 0.1) is 5.82 Å². The number of aryl methyl sites for hydroxylation is 1. The van der Waals surface area contributed by atoms with Crippen molar-refractivity contribution in [3.8, 4) is 11.3 Å². The van der Waals surface area contributed by atoms with Crippen molar-refractivity contribution in [2.45, 2.75) is 19.3 Å². The number of hydrogen-bond donors (Lipinski definition) is 2. The smallest absolute Gasteiger partial charge is 0.234 e. The Morgan fingerprint density at radius 2 is 1.91 bits per heavy atom. The molecule has 0 saturated carbocycles. The van der Waals surface area contributed by atoms with Crippen LogP contribution in [0.4, 0.5) is 4.39 Å². The molecule has 0 spiro atoms. The van der Waals surface area contributed by atoms with Gasteiger partial charge in [-0.05, 0) is 74.8 Å². The summed E-state index contributed by atoms with van der Waals surface area (Å²) in [7, 11) is 1.95. The number of carbonyl (C=O) groups excluding carboxylic acids is 1. The molecule has 0 atom stereocenters. The van der Waals surface area contributed by atoms with E-state index in [1.54, 1.807) is 18.3 Å². The van der Waals surface area contributed by atoms with Crippen LogP contribution in [0.3, 0.4) is 0 Å². The molecular formula is C26H28FN5O. The number of benzene rings is 2. The van der Waals surface area contributed by atoms with Gasteiger partial charge in [0, 0.05) is 29.4 Å². The van der Waals surface area contributed by atoms with Gasteiger partial charge in [0.1, 0.15) is 5.82 Å². The number of hydrogen-bond acceptors (Lipinski definition) is 4. The standard InChI is InChI=1S/C26H28FN5O/c1-32(16-4-8-23-17-24(31-30-23)19-9-11-22(27)12-10-19)18-25(33)28-15-13-21-6-2-5-20-7-3-14-29-26(20)21/h2-3,5-7,9-12,14,17H,4,8,13,15-16,18H2,1H3,(H,28,33)(H,30,31). The number of halogens is 1. The maximum Gasteiger partial charge on any atom is 0.234 e. The summed E-state index contributed by atoms with van der Waals surface area (Å²) >= 11 is 0. The average Bonchev–Trinajstić information content (AvgIpc) is 3.28. The van der Waals surface area contributed by atoms with E-state index < -0.39 is 0 Å². The molecule has 0 radical (unpaired) electrons. The summed E-state index contributed by atoms with van der Waals surface area (Å²) in [5.41, 5.74) is 4.84. The fourth-order valence-electron chi connectivity index (χ4n) is 3.88. The first-order chi connectivity index (χ1) is 16.1. The third-order valence-electron chi connectivity index (χ3n) is 5.60. The van der Waals surface area contributed by atoms with E-state index in [-0.39, 0.29) is 11.7 Å². The highest BCUT2D eigenvalue weighted by Gasteiger charge is 2.09. The molecule has 2 aromatic carbocycles. The molecule has 4 aromatic rings. The van der Waals surface area contributed by atoms with Crippen molar-refractivity contribution in [2.24, 2.45) is 0 Å². The van der Waals surface area contributed by atoms with E-state index in [9.17, 15) is 9.18 Å². The summed E-state index contributed by atoms with van der Waals surface area (Å²) in [6.45, 7) is 1.74. The number of carbonyl (C=O) groups is 1. The van der Waals surface area contributed by atoms with Gasteiger partial charge in [-0.3, -0.25) is 19.8 Å². The number of aromatic amines is 1. The van der Waals surface area contributed by atoms with E-state index in [1.165, 1.54) is 12.1 Å². The van der Waals surface area contributed by atoms with Gasteiger partial charge in [-0.25, -0.2) is 4.39 Å². The van der Waals surface area contributed by atoms with Crippen LogP contribution in [-0.4, -0.2) is 52.7 Å². The Morgan fingerprint density at radius 3 is 2.76 bits per heavy atom. The molecule has 0 fully saturated rings. The Hall–Kier alpha value is -3.58. The Labute approximate surface area is 192 Å². The van der Waals surface area contributed by atoms with Gasteiger partial charge in [0.15, 0.2) is 0 Å². The predicted octanol–water partition coefficient (Wildman–Crippen LogP) is 3.99. The molecule has 0 aliphatic rings. The molecule has 2 heterocycles. The molecule has 2 aromatic heterocycles. The molecule has 0 bridgehead atoms. The van der Waals surface area contributed by atoms with Crippen molar-refractivity contribution in [3.63, 3.8) is 0 Å². The first kappa shape index (κ1) is 22.6. The third kappa shape index (κ3) is 6.23. The van der Waals surface area contributed by atoms with Crippen LogP contribution in [0.1, 0.15) is 17.7 Å². The molecule has 170 valence electrons. The van der Waals surface area contributed by atoms with Gasteiger partial charge in [0.25, 0.3) is 0 Å². The van der Waals surface area contributed by atoms with Crippen LogP contribution in [0.25, 0.3) is 22.2 Å². The third-order valence-corrected chi connectivity index (χ3v) is 5.60. The Morgan fingerprint density at radius 1 is 1.09 bits per heavy atom. The fraction of sp³-hybridized carbons (Fsp3) is 0.269. The Balaban J connectivity index is 1.17. The number of nitrogens with zero attached hydrogens (tertiary/aromatic N) is 3. The van der Waals surface area contributed by atoms with Gasteiger partial charge >= 0.3 is 0 Å². The molecule has 6 nitrogen and oxygen atoms in total. The minimum Gasteiger partial charge on any atom is -0.355 e.